The van der Waals surface area contributed by atoms with Crippen LogP contribution in [0.3, 0.4) is 0 Å². The molecule has 0 aromatic rings. The number of nitrogens with two attached hydrogens (primary N) is 2. The van der Waals surface area contributed by atoms with Crippen LogP contribution in [-0.2, 0) is 0 Å². The van der Waals surface area contributed by atoms with Gasteiger partial charge in [-0.15, -0.1) is 0 Å². The van der Waals surface area contributed by atoms with Gasteiger partial charge in [0, 0.05) is 0 Å². The zero-order valence-electron chi connectivity index (χ0n) is 7.33. The first kappa shape index (κ1) is 9.32. The molecule has 2 bridgehead atoms. The Labute approximate surface area is 72.9 Å². The fraction of sp³-hybridized carbons (Fsp3) is 0.875. The van der Waals surface area contributed by atoms with E-state index < -0.39 is 6.03 Å². The summed E-state index contributed by atoms with van der Waals surface area (Å²) in [6.45, 7) is 4.18. The molecule has 4 nitrogen and oxygen atoms in total. The summed E-state index contributed by atoms with van der Waals surface area (Å²) in [5, 5.41) is 0. The summed E-state index contributed by atoms with van der Waals surface area (Å²) in [6.07, 6.45) is 4.46. The molecule has 12 heavy (non-hydrogen) atoms. The van der Waals surface area contributed by atoms with Gasteiger partial charge in [-0.2, -0.15) is 0 Å². The topological polar surface area (TPSA) is 72.3 Å². The minimum absolute atomic E-state index is 0.833. The molecule has 3 aliphatic heterocycles. The average molecular weight is 171 g/mol. The molecular formula is C8H17N3O. The van der Waals surface area contributed by atoms with Gasteiger partial charge in [0.25, 0.3) is 0 Å². The lowest BCUT2D eigenvalue weighted by Crippen LogP contribution is -2.41. The molecule has 0 unspecified atom stereocenters. The highest BCUT2D eigenvalue weighted by molar-refractivity contribution is 5.69. The van der Waals surface area contributed by atoms with Gasteiger partial charge in [-0.25, -0.2) is 4.79 Å². The molecule has 3 fully saturated rings. The Bertz CT molecular complexity index is 125. The average Bonchev–Trinajstić information content (AvgIpc) is 2.07. The molecular weight excluding hydrogens is 154 g/mol. The standard InChI is InChI=1S/C7H13N.CH4N2O/c1-4-8-5-2-7(1)3-6-8;2-1(3)4/h7H,1-6H2;(H4,2,3,4). The SMILES string of the molecule is C1CN2CCC1CC2.NC(N)=O. The fourth-order valence-corrected chi connectivity index (χ4v) is 1.86. The lowest BCUT2D eigenvalue weighted by Gasteiger charge is -2.38. The number of rotatable bonds is 0. The second-order valence-corrected chi connectivity index (χ2v) is 3.48. The lowest BCUT2D eigenvalue weighted by molar-refractivity contribution is 0.111. The third kappa shape index (κ3) is 3.09. The van der Waals surface area contributed by atoms with Crippen molar-refractivity contribution in [3.63, 3.8) is 0 Å². The Morgan fingerprint density at radius 3 is 1.50 bits per heavy atom. The van der Waals surface area contributed by atoms with Crippen molar-refractivity contribution < 1.29 is 4.79 Å². The van der Waals surface area contributed by atoms with Crippen LogP contribution in [0, 0.1) is 5.92 Å². The number of fused-ring (bicyclic) bond motifs is 3. The van der Waals surface area contributed by atoms with Crippen LogP contribution in [0.1, 0.15) is 19.3 Å². The Balaban J connectivity index is 0.000000157. The van der Waals surface area contributed by atoms with Crippen molar-refractivity contribution >= 4 is 6.03 Å². The van der Waals surface area contributed by atoms with E-state index in [-0.39, 0.29) is 0 Å². The first-order valence-electron chi connectivity index (χ1n) is 4.45. The van der Waals surface area contributed by atoms with E-state index in [1.807, 2.05) is 0 Å². The van der Waals surface area contributed by atoms with E-state index in [0.717, 1.165) is 5.92 Å². The predicted octanol–water partition coefficient (Wildman–Crippen LogP) is 0.126. The predicted molar refractivity (Wildman–Crippen MR) is 47.6 cm³/mol. The van der Waals surface area contributed by atoms with Crippen molar-refractivity contribution in [2.75, 3.05) is 19.6 Å². The van der Waals surface area contributed by atoms with Crippen LogP contribution < -0.4 is 11.5 Å². The van der Waals surface area contributed by atoms with Crippen molar-refractivity contribution in [1.29, 1.82) is 0 Å². The highest BCUT2D eigenvalue weighted by atomic mass is 16.2. The van der Waals surface area contributed by atoms with Crippen molar-refractivity contribution in [3.8, 4) is 0 Å². The molecule has 2 amide bonds. The van der Waals surface area contributed by atoms with Gasteiger partial charge in [0.05, 0.1) is 0 Å². The molecule has 0 aromatic carbocycles. The monoisotopic (exact) mass is 171 g/mol. The maximum Gasteiger partial charge on any atom is 0.309 e. The van der Waals surface area contributed by atoms with E-state index in [0.29, 0.717) is 0 Å². The summed E-state index contributed by atoms with van der Waals surface area (Å²) >= 11 is 0. The Kier molecular flexibility index (Phi) is 3.34. The molecule has 0 aromatic heterocycles. The van der Waals surface area contributed by atoms with E-state index in [2.05, 4.69) is 16.4 Å². The van der Waals surface area contributed by atoms with Gasteiger partial charge in [-0.05, 0) is 44.8 Å². The molecule has 0 saturated carbocycles. The highest BCUT2D eigenvalue weighted by Crippen LogP contribution is 2.26. The zero-order valence-corrected chi connectivity index (χ0v) is 7.33. The van der Waals surface area contributed by atoms with Crippen molar-refractivity contribution in [2.45, 2.75) is 19.3 Å². The minimum Gasteiger partial charge on any atom is -0.352 e. The second kappa shape index (κ2) is 4.30. The normalized spacial score (nSPS) is 32.0. The molecule has 0 spiro atoms. The maximum absolute atomic E-state index is 9.00. The molecule has 3 saturated heterocycles. The molecule has 0 radical (unpaired) electrons. The van der Waals surface area contributed by atoms with Crippen LogP contribution in [0.15, 0.2) is 0 Å². The van der Waals surface area contributed by atoms with Gasteiger partial charge >= 0.3 is 6.03 Å². The summed E-state index contributed by atoms with van der Waals surface area (Å²) in [6, 6.07) is -0.833. The Morgan fingerprint density at radius 1 is 1.08 bits per heavy atom. The van der Waals surface area contributed by atoms with E-state index in [4.69, 9.17) is 4.79 Å². The number of piperidine rings is 3. The molecule has 4 heteroatoms. The second-order valence-electron chi connectivity index (χ2n) is 3.48. The number of carbonyl (C=O) groups excluding carboxylic acids is 1. The molecule has 70 valence electrons. The summed E-state index contributed by atoms with van der Waals surface area (Å²) < 4.78 is 0. The minimum atomic E-state index is -0.833. The van der Waals surface area contributed by atoms with E-state index >= 15 is 0 Å². The van der Waals surface area contributed by atoms with Crippen LogP contribution >= 0.6 is 0 Å². The van der Waals surface area contributed by atoms with Crippen LogP contribution in [0.4, 0.5) is 4.79 Å². The molecule has 4 N–H and O–H groups in total. The van der Waals surface area contributed by atoms with Gasteiger partial charge < -0.3 is 16.4 Å². The van der Waals surface area contributed by atoms with Crippen LogP contribution in [0.5, 0.6) is 0 Å². The Hall–Kier alpha value is -0.770. The number of primary amides is 2. The number of hydrogen-bond acceptors (Lipinski definition) is 2. The molecule has 3 aliphatic rings. The smallest absolute Gasteiger partial charge is 0.309 e. The van der Waals surface area contributed by atoms with Gasteiger partial charge in [0.1, 0.15) is 0 Å². The third-order valence-electron chi connectivity index (χ3n) is 2.56. The first-order valence-corrected chi connectivity index (χ1v) is 4.45. The van der Waals surface area contributed by atoms with Crippen LogP contribution in [-0.4, -0.2) is 30.6 Å². The third-order valence-corrected chi connectivity index (χ3v) is 2.56. The van der Waals surface area contributed by atoms with Crippen LogP contribution in [0.2, 0.25) is 0 Å². The largest absolute Gasteiger partial charge is 0.352 e. The Morgan fingerprint density at radius 2 is 1.42 bits per heavy atom. The summed E-state index contributed by atoms with van der Waals surface area (Å²) in [4.78, 5) is 11.6. The maximum atomic E-state index is 9.00. The van der Waals surface area contributed by atoms with E-state index in [1.165, 1.54) is 38.9 Å². The number of carbonyl (C=O) groups is 1. The van der Waals surface area contributed by atoms with E-state index in [9.17, 15) is 0 Å². The first-order chi connectivity index (χ1) is 5.68. The van der Waals surface area contributed by atoms with Crippen molar-refractivity contribution in [3.05, 3.63) is 0 Å². The lowest BCUT2D eigenvalue weighted by atomic mass is 9.89. The van der Waals surface area contributed by atoms with E-state index in [1.54, 1.807) is 0 Å². The van der Waals surface area contributed by atoms with Crippen molar-refractivity contribution in [1.82, 2.24) is 4.90 Å². The van der Waals surface area contributed by atoms with Gasteiger partial charge in [0.15, 0.2) is 0 Å². The number of hydrogen-bond donors (Lipinski definition) is 2. The molecule has 3 heterocycles. The van der Waals surface area contributed by atoms with Gasteiger partial charge in [0.2, 0.25) is 0 Å². The van der Waals surface area contributed by atoms with Gasteiger partial charge in [-0.1, -0.05) is 0 Å². The number of urea groups is 1. The quantitative estimate of drug-likeness (QED) is 0.543. The number of nitrogens with zero attached hydrogens (tertiary/aromatic N) is 1. The fourth-order valence-electron chi connectivity index (χ4n) is 1.86. The summed E-state index contributed by atoms with van der Waals surface area (Å²) in [7, 11) is 0. The van der Waals surface area contributed by atoms with Crippen molar-refractivity contribution in [2.24, 2.45) is 17.4 Å². The molecule has 0 atom stereocenters. The molecule has 0 aliphatic carbocycles. The summed E-state index contributed by atoms with van der Waals surface area (Å²) in [5.74, 6) is 1.11. The summed E-state index contributed by atoms with van der Waals surface area (Å²) in [5.41, 5.74) is 8.50. The van der Waals surface area contributed by atoms with Gasteiger partial charge in [-0.3, -0.25) is 0 Å². The zero-order chi connectivity index (χ0) is 8.97. The van der Waals surface area contributed by atoms with Crippen LogP contribution in [0.25, 0.3) is 0 Å². The highest BCUT2D eigenvalue weighted by Gasteiger charge is 2.24. The number of amides is 2. The molecule has 3 rings (SSSR count).